The van der Waals surface area contributed by atoms with E-state index in [1.54, 1.807) is 11.3 Å². The molecule has 1 atom stereocenters. The smallest absolute Gasteiger partial charge is 0.222 e. The van der Waals surface area contributed by atoms with Gasteiger partial charge in [0.2, 0.25) is 5.91 Å². The van der Waals surface area contributed by atoms with Gasteiger partial charge in [-0.2, -0.15) is 0 Å². The van der Waals surface area contributed by atoms with E-state index >= 15 is 0 Å². The molecule has 2 saturated heterocycles. The van der Waals surface area contributed by atoms with Crippen LogP contribution < -0.4 is 0 Å². The van der Waals surface area contributed by atoms with Gasteiger partial charge in [-0.15, -0.1) is 11.3 Å². The highest BCUT2D eigenvalue weighted by Crippen LogP contribution is 2.27. The second kappa shape index (κ2) is 10.8. The predicted molar refractivity (Wildman–Crippen MR) is 125 cm³/mol. The maximum absolute atomic E-state index is 12.8. The molecule has 2 aliphatic rings. The number of carbonyl (C=O) groups excluding carboxylic acids is 1. The Morgan fingerprint density at radius 1 is 0.967 bits per heavy atom. The second-order valence-electron chi connectivity index (χ2n) is 8.63. The van der Waals surface area contributed by atoms with E-state index in [0.29, 0.717) is 18.2 Å². The van der Waals surface area contributed by atoms with Crippen molar-refractivity contribution in [2.75, 3.05) is 39.3 Å². The summed E-state index contributed by atoms with van der Waals surface area (Å²) in [6.45, 7) is 7.91. The second-order valence-corrected chi connectivity index (χ2v) is 10.4. The lowest BCUT2D eigenvalue weighted by molar-refractivity contribution is -0.133. The Bertz CT molecular complexity index is 804. The van der Waals surface area contributed by atoms with Gasteiger partial charge >= 0.3 is 0 Å². The van der Waals surface area contributed by atoms with Crippen LogP contribution in [0, 0.1) is 5.92 Å². The van der Waals surface area contributed by atoms with Crippen LogP contribution in [0.3, 0.4) is 0 Å². The largest absolute Gasteiger partial charge is 0.340 e. The Balaban J connectivity index is 1.16. The Kier molecular flexibility index (Phi) is 7.83. The average Bonchev–Trinajstić information content (AvgIpc) is 3.18. The molecular weight excluding hydrogens is 414 g/mol. The third-order valence-electron chi connectivity index (χ3n) is 6.35. The summed E-state index contributed by atoms with van der Waals surface area (Å²) in [5.74, 6) is 0.981. The first-order chi connectivity index (χ1) is 14.7. The third-order valence-corrected chi connectivity index (χ3v) is 7.57. The number of amides is 1. The molecule has 0 bridgehead atoms. The fourth-order valence-corrected chi connectivity index (χ4v) is 5.80. The highest BCUT2D eigenvalue weighted by molar-refractivity contribution is 7.16. The molecular formula is C24H32ClN3OS. The molecule has 2 aromatic rings. The molecule has 3 heterocycles. The van der Waals surface area contributed by atoms with Crippen LogP contribution >= 0.6 is 22.9 Å². The summed E-state index contributed by atoms with van der Waals surface area (Å²) in [4.78, 5) is 21.2. The Morgan fingerprint density at radius 2 is 1.77 bits per heavy atom. The monoisotopic (exact) mass is 445 g/mol. The number of halogens is 1. The maximum atomic E-state index is 12.8. The summed E-state index contributed by atoms with van der Waals surface area (Å²) >= 11 is 7.75. The van der Waals surface area contributed by atoms with E-state index in [9.17, 15) is 4.79 Å². The van der Waals surface area contributed by atoms with Crippen LogP contribution in [0.1, 0.15) is 36.1 Å². The first-order valence-electron chi connectivity index (χ1n) is 11.2. The van der Waals surface area contributed by atoms with Crippen LogP contribution in [0.5, 0.6) is 0 Å². The van der Waals surface area contributed by atoms with E-state index in [1.807, 2.05) is 6.07 Å². The SMILES string of the molecule is O=C(CCC1CCCN(Cc2ccc(Cl)s2)C1)N1CCN(Cc2ccccc2)CC1. The zero-order valence-corrected chi connectivity index (χ0v) is 19.2. The molecule has 6 heteroatoms. The molecule has 1 unspecified atom stereocenters. The minimum Gasteiger partial charge on any atom is -0.340 e. The van der Waals surface area contributed by atoms with Gasteiger partial charge in [-0.05, 0) is 49.4 Å². The molecule has 2 fully saturated rings. The molecule has 4 rings (SSSR count). The van der Waals surface area contributed by atoms with E-state index < -0.39 is 0 Å². The van der Waals surface area contributed by atoms with Crippen LogP contribution in [0.4, 0.5) is 0 Å². The first-order valence-corrected chi connectivity index (χ1v) is 12.4. The molecule has 0 radical (unpaired) electrons. The van der Waals surface area contributed by atoms with Crippen LogP contribution in [-0.2, 0) is 17.9 Å². The average molecular weight is 446 g/mol. The van der Waals surface area contributed by atoms with Gasteiger partial charge in [-0.25, -0.2) is 0 Å². The molecule has 0 spiro atoms. The van der Waals surface area contributed by atoms with E-state index in [4.69, 9.17) is 11.6 Å². The molecule has 30 heavy (non-hydrogen) atoms. The summed E-state index contributed by atoms with van der Waals surface area (Å²) in [5.41, 5.74) is 1.35. The number of hydrogen-bond acceptors (Lipinski definition) is 4. The summed E-state index contributed by atoms with van der Waals surface area (Å²) < 4.78 is 0.869. The molecule has 162 valence electrons. The number of likely N-dealkylation sites (tertiary alicyclic amines) is 1. The van der Waals surface area contributed by atoms with Crippen molar-refractivity contribution in [3.63, 3.8) is 0 Å². The lowest BCUT2D eigenvalue weighted by Gasteiger charge is -2.36. The number of thiophene rings is 1. The molecule has 0 saturated carbocycles. The van der Waals surface area contributed by atoms with E-state index in [1.165, 1.54) is 23.3 Å². The third kappa shape index (κ3) is 6.30. The van der Waals surface area contributed by atoms with Gasteiger partial charge in [0.05, 0.1) is 4.34 Å². The predicted octanol–water partition coefficient (Wildman–Crippen LogP) is 4.74. The quantitative estimate of drug-likeness (QED) is 0.615. The van der Waals surface area contributed by atoms with Crippen molar-refractivity contribution in [3.05, 3.63) is 57.2 Å². The zero-order chi connectivity index (χ0) is 20.8. The first kappa shape index (κ1) is 21.8. The van der Waals surface area contributed by atoms with Gasteiger partial charge in [-0.1, -0.05) is 41.9 Å². The topological polar surface area (TPSA) is 26.8 Å². The van der Waals surface area contributed by atoms with Gasteiger partial charge in [0.1, 0.15) is 0 Å². The van der Waals surface area contributed by atoms with Crippen LogP contribution in [0.2, 0.25) is 4.34 Å². The lowest BCUT2D eigenvalue weighted by Crippen LogP contribution is -2.48. The summed E-state index contributed by atoms with van der Waals surface area (Å²) in [5, 5.41) is 0. The fraction of sp³-hybridized carbons (Fsp3) is 0.542. The molecule has 1 aromatic carbocycles. The maximum Gasteiger partial charge on any atom is 0.222 e. The van der Waals surface area contributed by atoms with Crippen molar-refractivity contribution in [2.45, 2.75) is 38.8 Å². The standard InChI is InChI=1S/C24H32ClN3OS/c25-23-10-9-22(30-23)19-27-12-4-7-21(18-27)8-11-24(29)28-15-13-26(14-16-28)17-20-5-2-1-3-6-20/h1-3,5-6,9-10,21H,4,7-8,11-19H2. The minimum atomic E-state index is 0.344. The van der Waals surface area contributed by atoms with Crippen molar-refractivity contribution in [2.24, 2.45) is 5.92 Å². The molecule has 0 aliphatic carbocycles. The van der Waals surface area contributed by atoms with Gasteiger partial charge in [0.25, 0.3) is 0 Å². The minimum absolute atomic E-state index is 0.344. The van der Waals surface area contributed by atoms with Crippen LogP contribution in [0.15, 0.2) is 42.5 Å². The summed E-state index contributed by atoms with van der Waals surface area (Å²) in [7, 11) is 0. The number of nitrogens with zero attached hydrogens (tertiary/aromatic N) is 3. The number of carbonyl (C=O) groups is 1. The van der Waals surface area contributed by atoms with E-state index in [2.05, 4.69) is 51.1 Å². The molecule has 1 aromatic heterocycles. The molecule has 0 N–H and O–H groups in total. The zero-order valence-electron chi connectivity index (χ0n) is 17.6. The molecule has 4 nitrogen and oxygen atoms in total. The van der Waals surface area contributed by atoms with E-state index in [0.717, 1.165) is 63.1 Å². The van der Waals surface area contributed by atoms with Crippen molar-refractivity contribution in [1.82, 2.24) is 14.7 Å². The van der Waals surface area contributed by atoms with Crippen molar-refractivity contribution in [1.29, 1.82) is 0 Å². The number of rotatable bonds is 7. The molecule has 1 amide bonds. The van der Waals surface area contributed by atoms with Gasteiger partial charge in [-0.3, -0.25) is 14.6 Å². The number of piperazine rings is 1. The molecule has 2 aliphatic heterocycles. The number of piperidine rings is 1. The fourth-order valence-electron chi connectivity index (χ4n) is 4.67. The lowest BCUT2D eigenvalue weighted by atomic mass is 9.93. The van der Waals surface area contributed by atoms with Gasteiger partial charge in [0, 0.05) is 57.1 Å². The summed E-state index contributed by atoms with van der Waals surface area (Å²) in [6.07, 6.45) is 4.20. The Labute approximate surface area is 189 Å². The van der Waals surface area contributed by atoms with Crippen LogP contribution in [0.25, 0.3) is 0 Å². The van der Waals surface area contributed by atoms with Crippen LogP contribution in [-0.4, -0.2) is 59.9 Å². The van der Waals surface area contributed by atoms with Gasteiger partial charge < -0.3 is 4.90 Å². The van der Waals surface area contributed by atoms with Crippen molar-refractivity contribution in [3.8, 4) is 0 Å². The summed E-state index contributed by atoms with van der Waals surface area (Å²) in [6, 6.07) is 14.7. The Morgan fingerprint density at radius 3 is 2.50 bits per heavy atom. The number of hydrogen-bond donors (Lipinski definition) is 0. The Hall–Kier alpha value is -1.40. The van der Waals surface area contributed by atoms with Gasteiger partial charge in [0.15, 0.2) is 0 Å². The number of benzene rings is 1. The highest BCUT2D eigenvalue weighted by atomic mass is 35.5. The van der Waals surface area contributed by atoms with Crippen molar-refractivity contribution < 1.29 is 4.79 Å². The normalized spacial score (nSPS) is 21.1. The van der Waals surface area contributed by atoms with E-state index in [-0.39, 0.29) is 0 Å². The van der Waals surface area contributed by atoms with Crippen molar-refractivity contribution >= 4 is 28.8 Å². The highest BCUT2D eigenvalue weighted by Gasteiger charge is 2.24.